The van der Waals surface area contributed by atoms with E-state index in [1.807, 2.05) is 49.5 Å². The van der Waals surface area contributed by atoms with Crippen molar-refractivity contribution in [2.75, 3.05) is 26.7 Å². The van der Waals surface area contributed by atoms with Crippen molar-refractivity contribution in [1.29, 1.82) is 0 Å². The Hall–Kier alpha value is -3.25. The first-order valence-electron chi connectivity index (χ1n) is 14.1. The highest BCUT2D eigenvalue weighted by atomic mass is 19.4. The molecule has 0 aromatic heterocycles. The van der Waals surface area contributed by atoms with Gasteiger partial charge in [0.05, 0.1) is 18.8 Å². The molecule has 2 saturated heterocycles. The van der Waals surface area contributed by atoms with Gasteiger partial charge >= 0.3 is 12.1 Å². The third-order valence-corrected chi connectivity index (χ3v) is 7.83. The smallest absolute Gasteiger partial charge is 0.392 e. The molecule has 0 bridgehead atoms. The molecule has 0 spiro atoms. The Morgan fingerprint density at radius 1 is 1.10 bits per heavy atom. The molecule has 0 aliphatic carbocycles. The van der Waals surface area contributed by atoms with Crippen LogP contribution in [0.4, 0.5) is 13.2 Å². The molecule has 2 amide bonds. The van der Waals surface area contributed by atoms with Crippen LogP contribution in [0.25, 0.3) is 0 Å². The zero-order chi connectivity index (χ0) is 30.4. The number of nitrogens with one attached hydrogen (secondary N) is 1. The highest BCUT2D eigenvalue weighted by molar-refractivity contribution is 5.90. The number of hydrogen-bond donors (Lipinski definition) is 2. The van der Waals surface area contributed by atoms with Crippen molar-refractivity contribution in [2.45, 2.75) is 63.6 Å². The number of amides is 2. The molecule has 5 unspecified atom stereocenters. The van der Waals surface area contributed by atoms with Gasteiger partial charge < -0.3 is 29.7 Å². The molecule has 2 aromatic rings. The molecular weight excluding hydrogens is 551 g/mol. The normalized spacial score (nSPS) is 24.5. The zero-order valence-corrected chi connectivity index (χ0v) is 23.8. The third-order valence-electron chi connectivity index (χ3n) is 7.83. The van der Waals surface area contributed by atoms with Crippen molar-refractivity contribution in [1.82, 2.24) is 15.1 Å². The van der Waals surface area contributed by atoms with E-state index in [4.69, 9.17) is 9.47 Å². The van der Waals surface area contributed by atoms with Gasteiger partial charge in [-0.3, -0.25) is 9.59 Å². The SMILES string of the molecule is C=CCN(C)CC1OC(c2ccc(CNC(=O)C3CCCN3C(=O)C(F)(F)F)cc2)OC(c2ccc(CO)cc2)C1C. The lowest BCUT2D eigenvalue weighted by molar-refractivity contribution is -0.275. The molecule has 0 radical (unpaired) electrons. The summed E-state index contributed by atoms with van der Waals surface area (Å²) in [6.07, 6.45) is -3.71. The number of likely N-dealkylation sites (N-methyl/N-ethyl adjacent to an activating group) is 1. The Kier molecular flexibility index (Phi) is 10.4. The fourth-order valence-corrected chi connectivity index (χ4v) is 5.48. The monoisotopic (exact) mass is 589 g/mol. The van der Waals surface area contributed by atoms with Gasteiger partial charge in [-0.15, -0.1) is 6.58 Å². The highest BCUT2D eigenvalue weighted by Gasteiger charge is 2.47. The minimum atomic E-state index is -5.01. The fourth-order valence-electron chi connectivity index (χ4n) is 5.48. The molecule has 4 rings (SSSR count). The van der Waals surface area contributed by atoms with Crippen LogP contribution < -0.4 is 5.32 Å². The number of benzene rings is 2. The molecule has 5 atom stereocenters. The lowest BCUT2D eigenvalue weighted by Crippen LogP contribution is -2.50. The van der Waals surface area contributed by atoms with Gasteiger partial charge in [0.15, 0.2) is 6.29 Å². The number of ether oxygens (including phenoxy) is 2. The number of rotatable bonds is 10. The molecule has 0 saturated carbocycles. The summed E-state index contributed by atoms with van der Waals surface area (Å²) in [5, 5.41) is 12.1. The molecule has 11 heteroatoms. The Bertz CT molecular complexity index is 1220. The van der Waals surface area contributed by atoms with Crippen LogP contribution in [0.1, 0.15) is 54.4 Å². The largest absolute Gasteiger partial charge is 0.471 e. The second-order valence-corrected chi connectivity index (χ2v) is 10.9. The number of carbonyl (C=O) groups is 2. The minimum absolute atomic E-state index is 0.0300. The molecule has 2 aliphatic rings. The summed E-state index contributed by atoms with van der Waals surface area (Å²) < 4.78 is 51.6. The summed E-state index contributed by atoms with van der Waals surface area (Å²) in [7, 11) is 2.00. The van der Waals surface area contributed by atoms with Crippen molar-refractivity contribution >= 4 is 11.8 Å². The predicted octanol–water partition coefficient (Wildman–Crippen LogP) is 4.26. The molecule has 2 fully saturated rings. The zero-order valence-electron chi connectivity index (χ0n) is 23.8. The van der Waals surface area contributed by atoms with E-state index in [9.17, 15) is 27.9 Å². The van der Waals surface area contributed by atoms with Gasteiger partial charge in [-0.2, -0.15) is 13.2 Å². The summed E-state index contributed by atoms with van der Waals surface area (Å²) in [5.41, 5.74) is 3.31. The van der Waals surface area contributed by atoms with Gasteiger partial charge in [0.2, 0.25) is 5.91 Å². The van der Waals surface area contributed by atoms with Crippen molar-refractivity contribution in [2.24, 2.45) is 5.92 Å². The van der Waals surface area contributed by atoms with E-state index in [1.165, 1.54) is 0 Å². The van der Waals surface area contributed by atoms with E-state index in [1.54, 1.807) is 12.1 Å². The quantitative estimate of drug-likeness (QED) is 0.403. The number of likely N-dealkylation sites (tertiary alicyclic amines) is 1. The van der Waals surface area contributed by atoms with Crippen LogP contribution in [0.15, 0.2) is 61.2 Å². The van der Waals surface area contributed by atoms with Crippen molar-refractivity contribution in [3.05, 3.63) is 83.4 Å². The molecule has 2 aliphatic heterocycles. The van der Waals surface area contributed by atoms with Crippen LogP contribution in [-0.4, -0.2) is 71.7 Å². The second kappa shape index (κ2) is 13.8. The van der Waals surface area contributed by atoms with Crippen LogP contribution in [0.2, 0.25) is 0 Å². The maximum absolute atomic E-state index is 12.9. The molecule has 2 heterocycles. The number of hydrogen-bond acceptors (Lipinski definition) is 6. The van der Waals surface area contributed by atoms with E-state index < -0.39 is 30.3 Å². The Morgan fingerprint density at radius 2 is 1.74 bits per heavy atom. The predicted molar refractivity (Wildman–Crippen MR) is 150 cm³/mol. The Balaban J connectivity index is 1.44. The van der Waals surface area contributed by atoms with Crippen LogP contribution in [-0.2, 0) is 32.2 Å². The lowest BCUT2D eigenvalue weighted by atomic mass is 9.90. The maximum atomic E-state index is 12.9. The van der Waals surface area contributed by atoms with Gasteiger partial charge in [0.1, 0.15) is 6.04 Å². The Labute approximate surface area is 244 Å². The summed E-state index contributed by atoms with van der Waals surface area (Å²) in [5.74, 6) is -2.56. The molecular formula is C31H38F3N3O5. The van der Waals surface area contributed by atoms with Crippen molar-refractivity contribution in [3.8, 4) is 0 Å². The van der Waals surface area contributed by atoms with Crippen LogP contribution in [0, 0.1) is 5.92 Å². The van der Waals surface area contributed by atoms with E-state index >= 15 is 0 Å². The van der Waals surface area contributed by atoms with Gasteiger partial charge in [-0.1, -0.05) is 61.5 Å². The Morgan fingerprint density at radius 3 is 2.36 bits per heavy atom. The molecule has 8 nitrogen and oxygen atoms in total. The third kappa shape index (κ3) is 7.57. The topological polar surface area (TPSA) is 91.3 Å². The van der Waals surface area contributed by atoms with Gasteiger partial charge in [0, 0.05) is 37.7 Å². The first-order valence-corrected chi connectivity index (χ1v) is 14.1. The molecule has 2 N–H and O–H groups in total. The van der Waals surface area contributed by atoms with Gasteiger partial charge in [0.25, 0.3) is 0 Å². The van der Waals surface area contributed by atoms with Crippen LogP contribution in [0.5, 0.6) is 0 Å². The second-order valence-electron chi connectivity index (χ2n) is 10.9. The standard InChI is InChI=1S/C31H38F3N3O5/c1-4-15-36(3)18-26-20(2)27(23-11-9-22(19-38)10-12-23)42-29(41-26)24-13-7-21(8-14-24)17-35-28(39)25-6-5-16-37(25)30(40)31(32,33)34/h4,7-14,20,25-27,29,38H,1,5-6,15-19H2,2-3H3,(H,35,39). The number of alkyl halides is 3. The first-order chi connectivity index (χ1) is 20.0. The van der Waals surface area contributed by atoms with Gasteiger partial charge in [-0.05, 0) is 36.6 Å². The van der Waals surface area contributed by atoms with E-state index in [-0.39, 0.29) is 44.2 Å². The van der Waals surface area contributed by atoms with Crippen molar-refractivity contribution < 1.29 is 37.3 Å². The van der Waals surface area contributed by atoms with E-state index in [2.05, 4.69) is 23.7 Å². The molecule has 228 valence electrons. The van der Waals surface area contributed by atoms with Gasteiger partial charge in [-0.25, -0.2) is 0 Å². The summed E-state index contributed by atoms with van der Waals surface area (Å²) in [4.78, 5) is 27.1. The first kappa shape index (κ1) is 31.7. The molecule has 42 heavy (non-hydrogen) atoms. The summed E-state index contributed by atoms with van der Waals surface area (Å²) in [6, 6.07) is 13.8. The van der Waals surface area contributed by atoms with Crippen molar-refractivity contribution in [3.63, 3.8) is 0 Å². The number of aliphatic hydroxyl groups is 1. The minimum Gasteiger partial charge on any atom is -0.392 e. The average Bonchev–Trinajstić information content (AvgIpc) is 3.46. The van der Waals surface area contributed by atoms with E-state index in [0.29, 0.717) is 24.4 Å². The summed E-state index contributed by atoms with van der Waals surface area (Å²) >= 11 is 0. The number of carbonyl (C=O) groups excluding carboxylic acids is 2. The number of nitrogens with zero attached hydrogens (tertiary/aromatic N) is 2. The average molecular weight is 590 g/mol. The number of halogens is 3. The maximum Gasteiger partial charge on any atom is 0.471 e. The van der Waals surface area contributed by atoms with E-state index in [0.717, 1.165) is 22.3 Å². The fraction of sp³-hybridized carbons (Fsp3) is 0.484. The highest BCUT2D eigenvalue weighted by Crippen LogP contribution is 2.41. The lowest BCUT2D eigenvalue weighted by Gasteiger charge is -2.42. The van der Waals surface area contributed by atoms with Crippen LogP contribution in [0.3, 0.4) is 0 Å². The summed E-state index contributed by atoms with van der Waals surface area (Å²) in [6.45, 7) is 7.24. The molecule has 2 aromatic carbocycles. The van der Waals surface area contributed by atoms with Crippen LogP contribution >= 0.6 is 0 Å². The number of aliphatic hydroxyl groups excluding tert-OH is 1.